The van der Waals surface area contributed by atoms with Crippen LogP contribution in [0.2, 0.25) is 0 Å². The highest BCUT2D eigenvalue weighted by atomic mass is 16.6. The largest absolute Gasteiger partial charge is 0.493 e. The van der Waals surface area contributed by atoms with Crippen molar-refractivity contribution in [2.24, 2.45) is 0 Å². The standard InChI is InChI=1S/C25H28N2O5/c1-16(2)19-7-9-21(10-8-19)31-15-24(28)32-22-11-6-18(13-23(22)30-5)12-20(14-26)25(29)27-17(3)4/h6-13,16-17H,15H2,1-5H3,(H,27,29)/b20-12+. The summed E-state index contributed by atoms with van der Waals surface area (Å²) < 4.78 is 16.1. The Morgan fingerprint density at radius 3 is 2.31 bits per heavy atom. The zero-order chi connectivity index (χ0) is 23.7. The molecule has 32 heavy (non-hydrogen) atoms. The second kappa shape index (κ2) is 11.6. The van der Waals surface area contributed by atoms with Crippen molar-refractivity contribution < 1.29 is 23.8 Å². The fourth-order valence-corrected chi connectivity index (χ4v) is 2.76. The van der Waals surface area contributed by atoms with Crippen LogP contribution >= 0.6 is 0 Å². The number of hydrogen-bond acceptors (Lipinski definition) is 6. The van der Waals surface area contributed by atoms with Crippen molar-refractivity contribution in [3.63, 3.8) is 0 Å². The first-order valence-corrected chi connectivity index (χ1v) is 10.3. The molecule has 0 atom stereocenters. The lowest BCUT2D eigenvalue weighted by molar-refractivity contribution is -0.136. The van der Waals surface area contributed by atoms with E-state index in [2.05, 4.69) is 19.2 Å². The van der Waals surface area contributed by atoms with E-state index in [1.54, 1.807) is 12.1 Å². The molecule has 0 fully saturated rings. The summed E-state index contributed by atoms with van der Waals surface area (Å²) in [5, 5.41) is 11.9. The topological polar surface area (TPSA) is 97.6 Å². The normalized spacial score (nSPS) is 11.1. The molecule has 0 bridgehead atoms. The van der Waals surface area contributed by atoms with Crippen LogP contribution in [-0.4, -0.2) is 31.6 Å². The number of nitrogens with zero attached hydrogens (tertiary/aromatic N) is 1. The Balaban J connectivity index is 2.05. The van der Waals surface area contributed by atoms with E-state index in [0.717, 1.165) is 0 Å². The van der Waals surface area contributed by atoms with Crippen molar-refractivity contribution >= 4 is 18.0 Å². The van der Waals surface area contributed by atoms with Gasteiger partial charge in [-0.25, -0.2) is 4.79 Å². The molecule has 0 aliphatic rings. The van der Waals surface area contributed by atoms with Gasteiger partial charge in [0.25, 0.3) is 5.91 Å². The van der Waals surface area contributed by atoms with Crippen LogP contribution in [0.1, 0.15) is 44.7 Å². The lowest BCUT2D eigenvalue weighted by Gasteiger charge is -2.12. The van der Waals surface area contributed by atoms with Gasteiger partial charge in [0.1, 0.15) is 17.4 Å². The van der Waals surface area contributed by atoms with Gasteiger partial charge in [0.15, 0.2) is 18.1 Å². The van der Waals surface area contributed by atoms with Gasteiger partial charge in [-0.2, -0.15) is 5.26 Å². The molecule has 168 valence electrons. The Hall–Kier alpha value is -3.79. The second-order valence-corrected chi connectivity index (χ2v) is 7.69. The second-order valence-electron chi connectivity index (χ2n) is 7.69. The van der Waals surface area contributed by atoms with Crippen LogP contribution in [-0.2, 0) is 9.59 Å². The van der Waals surface area contributed by atoms with E-state index in [1.807, 2.05) is 44.2 Å². The van der Waals surface area contributed by atoms with Gasteiger partial charge in [0.2, 0.25) is 0 Å². The molecule has 2 aromatic rings. The summed E-state index contributed by atoms with van der Waals surface area (Å²) >= 11 is 0. The van der Waals surface area contributed by atoms with E-state index in [0.29, 0.717) is 17.2 Å². The van der Waals surface area contributed by atoms with E-state index in [1.165, 1.54) is 24.8 Å². The summed E-state index contributed by atoms with van der Waals surface area (Å²) in [5.74, 6) is 0.424. The van der Waals surface area contributed by atoms with Gasteiger partial charge in [0, 0.05) is 6.04 Å². The number of benzene rings is 2. The highest BCUT2D eigenvalue weighted by Gasteiger charge is 2.14. The van der Waals surface area contributed by atoms with Crippen molar-refractivity contribution in [3.8, 4) is 23.3 Å². The van der Waals surface area contributed by atoms with Crippen molar-refractivity contribution in [2.45, 2.75) is 39.7 Å². The quantitative estimate of drug-likeness (QED) is 0.273. The molecule has 0 aromatic heterocycles. The molecule has 7 heteroatoms. The highest BCUT2D eigenvalue weighted by Crippen LogP contribution is 2.29. The maximum absolute atomic E-state index is 12.2. The molecule has 0 aliphatic carbocycles. The molecular weight excluding hydrogens is 408 g/mol. The Kier molecular flexibility index (Phi) is 8.84. The molecular formula is C25H28N2O5. The van der Waals surface area contributed by atoms with Crippen LogP contribution in [0.25, 0.3) is 6.08 Å². The third-order valence-corrected chi connectivity index (χ3v) is 4.41. The predicted octanol–water partition coefficient (Wildman–Crippen LogP) is 4.23. The smallest absolute Gasteiger partial charge is 0.349 e. The summed E-state index contributed by atoms with van der Waals surface area (Å²) in [7, 11) is 1.43. The number of methoxy groups -OCH3 is 1. The number of carbonyl (C=O) groups is 2. The molecule has 0 spiro atoms. The average Bonchev–Trinajstić information content (AvgIpc) is 2.76. The predicted molar refractivity (Wildman–Crippen MR) is 122 cm³/mol. The van der Waals surface area contributed by atoms with Gasteiger partial charge < -0.3 is 19.5 Å². The van der Waals surface area contributed by atoms with E-state index < -0.39 is 11.9 Å². The van der Waals surface area contributed by atoms with Gasteiger partial charge >= 0.3 is 5.97 Å². The van der Waals surface area contributed by atoms with E-state index in [9.17, 15) is 14.9 Å². The Labute approximate surface area is 188 Å². The first-order valence-electron chi connectivity index (χ1n) is 10.3. The van der Waals surface area contributed by atoms with Crippen LogP contribution in [0.15, 0.2) is 48.0 Å². The molecule has 2 rings (SSSR count). The van der Waals surface area contributed by atoms with Gasteiger partial charge in [-0.1, -0.05) is 32.0 Å². The third-order valence-electron chi connectivity index (χ3n) is 4.41. The van der Waals surface area contributed by atoms with Crippen LogP contribution < -0.4 is 19.5 Å². The summed E-state index contributed by atoms with van der Waals surface area (Å²) in [6.07, 6.45) is 1.44. The molecule has 0 saturated heterocycles. The van der Waals surface area contributed by atoms with Crippen molar-refractivity contribution in [3.05, 3.63) is 59.2 Å². The fraction of sp³-hybridized carbons (Fsp3) is 0.320. The average molecular weight is 437 g/mol. The van der Waals surface area contributed by atoms with Gasteiger partial charge in [-0.3, -0.25) is 4.79 Å². The molecule has 2 aromatic carbocycles. The maximum Gasteiger partial charge on any atom is 0.349 e. The lowest BCUT2D eigenvalue weighted by atomic mass is 10.0. The maximum atomic E-state index is 12.2. The van der Waals surface area contributed by atoms with Gasteiger partial charge in [-0.05, 0) is 61.2 Å². The number of ether oxygens (including phenoxy) is 3. The fourth-order valence-electron chi connectivity index (χ4n) is 2.76. The Morgan fingerprint density at radius 2 is 1.75 bits per heavy atom. The molecule has 1 amide bonds. The molecule has 7 nitrogen and oxygen atoms in total. The summed E-state index contributed by atoms with van der Waals surface area (Å²) in [5.41, 5.74) is 1.70. The third kappa shape index (κ3) is 7.17. The number of carbonyl (C=O) groups excluding carboxylic acids is 2. The molecule has 0 saturated carbocycles. The molecule has 0 unspecified atom stereocenters. The number of esters is 1. The monoisotopic (exact) mass is 436 g/mol. The van der Waals surface area contributed by atoms with Gasteiger partial charge in [0.05, 0.1) is 7.11 Å². The Morgan fingerprint density at radius 1 is 1.06 bits per heavy atom. The number of nitrogens with one attached hydrogen (secondary N) is 1. The van der Waals surface area contributed by atoms with Crippen LogP contribution in [0, 0.1) is 11.3 Å². The van der Waals surface area contributed by atoms with Crippen LogP contribution in [0.5, 0.6) is 17.2 Å². The summed E-state index contributed by atoms with van der Waals surface area (Å²) in [4.78, 5) is 24.3. The van der Waals surface area contributed by atoms with E-state index in [4.69, 9.17) is 14.2 Å². The minimum Gasteiger partial charge on any atom is -0.493 e. The molecule has 0 aliphatic heterocycles. The number of hydrogen-bond donors (Lipinski definition) is 1. The first-order chi connectivity index (χ1) is 15.2. The van der Waals surface area contributed by atoms with Crippen molar-refractivity contribution in [1.29, 1.82) is 5.26 Å². The number of amides is 1. The molecule has 0 radical (unpaired) electrons. The number of nitriles is 1. The molecule has 0 heterocycles. The SMILES string of the molecule is COc1cc(/C=C(\C#N)C(=O)NC(C)C)ccc1OC(=O)COc1ccc(C(C)C)cc1. The number of rotatable bonds is 9. The summed E-state index contributed by atoms with van der Waals surface area (Å²) in [6, 6.07) is 14.1. The highest BCUT2D eigenvalue weighted by molar-refractivity contribution is 6.01. The molecule has 1 N–H and O–H groups in total. The van der Waals surface area contributed by atoms with Crippen LogP contribution in [0.3, 0.4) is 0 Å². The van der Waals surface area contributed by atoms with Crippen molar-refractivity contribution in [1.82, 2.24) is 5.32 Å². The van der Waals surface area contributed by atoms with Gasteiger partial charge in [-0.15, -0.1) is 0 Å². The van der Waals surface area contributed by atoms with E-state index >= 15 is 0 Å². The zero-order valence-corrected chi connectivity index (χ0v) is 19.0. The van der Waals surface area contributed by atoms with Crippen LogP contribution in [0.4, 0.5) is 0 Å². The van der Waals surface area contributed by atoms with E-state index in [-0.39, 0.29) is 29.7 Å². The minimum absolute atomic E-state index is 0.0395. The zero-order valence-electron chi connectivity index (χ0n) is 19.0. The minimum atomic E-state index is -0.589. The summed E-state index contributed by atoms with van der Waals surface area (Å²) in [6.45, 7) is 7.55. The first kappa shape index (κ1) is 24.5. The lowest BCUT2D eigenvalue weighted by Crippen LogP contribution is -2.30. The van der Waals surface area contributed by atoms with Crippen molar-refractivity contribution in [2.75, 3.05) is 13.7 Å². The Bertz CT molecular complexity index is 1020.